The second-order valence-electron chi connectivity index (χ2n) is 3.93. The molecule has 18 heavy (non-hydrogen) atoms. The number of carboxylic acids is 1. The van der Waals surface area contributed by atoms with Gasteiger partial charge in [0.2, 0.25) is 0 Å². The molecule has 1 N–H and O–H groups in total. The van der Waals surface area contributed by atoms with Crippen LogP contribution in [0.15, 0.2) is 18.2 Å². The molecule has 1 aromatic rings. The van der Waals surface area contributed by atoms with Gasteiger partial charge < -0.3 is 14.6 Å². The number of aliphatic carboxylic acids is 1. The molecule has 0 fully saturated rings. The van der Waals surface area contributed by atoms with Crippen LogP contribution in [0.4, 0.5) is 0 Å². The second-order valence-corrected chi connectivity index (χ2v) is 3.93. The van der Waals surface area contributed by atoms with Gasteiger partial charge in [-0.15, -0.1) is 0 Å². The van der Waals surface area contributed by atoms with Crippen LogP contribution in [0.5, 0.6) is 11.5 Å². The Morgan fingerprint density at radius 2 is 2.00 bits per heavy atom. The van der Waals surface area contributed by atoms with Crippen LogP contribution in [0, 0.1) is 11.8 Å². The van der Waals surface area contributed by atoms with Crippen molar-refractivity contribution in [1.29, 1.82) is 0 Å². The molecule has 1 aliphatic heterocycles. The SMILES string of the molecule is O=C(O)CC#CCc1ccc2c(c1)OCCCO2. The second kappa shape index (κ2) is 5.97. The maximum absolute atomic E-state index is 10.3. The lowest BCUT2D eigenvalue weighted by molar-refractivity contribution is -0.135. The van der Waals surface area contributed by atoms with Gasteiger partial charge >= 0.3 is 5.97 Å². The Hall–Kier alpha value is -2.15. The molecule has 0 aromatic heterocycles. The van der Waals surface area contributed by atoms with Crippen LogP contribution >= 0.6 is 0 Å². The Morgan fingerprint density at radius 3 is 2.78 bits per heavy atom. The lowest BCUT2D eigenvalue weighted by Gasteiger charge is -2.07. The Balaban J connectivity index is 2.03. The summed E-state index contributed by atoms with van der Waals surface area (Å²) in [6, 6.07) is 5.69. The minimum absolute atomic E-state index is 0.120. The van der Waals surface area contributed by atoms with Crippen LogP contribution in [-0.4, -0.2) is 24.3 Å². The molecule has 0 unspecified atom stereocenters. The highest BCUT2D eigenvalue weighted by molar-refractivity contribution is 5.69. The van der Waals surface area contributed by atoms with E-state index in [1.54, 1.807) is 0 Å². The molecule has 4 heteroatoms. The highest BCUT2D eigenvalue weighted by atomic mass is 16.5. The number of fused-ring (bicyclic) bond motifs is 1. The number of carbonyl (C=O) groups is 1. The van der Waals surface area contributed by atoms with Crippen molar-refractivity contribution in [2.24, 2.45) is 0 Å². The van der Waals surface area contributed by atoms with Gasteiger partial charge in [0.1, 0.15) is 6.42 Å². The van der Waals surface area contributed by atoms with Gasteiger partial charge in [-0.1, -0.05) is 17.9 Å². The fraction of sp³-hybridized carbons (Fsp3) is 0.357. The summed E-state index contributed by atoms with van der Waals surface area (Å²) in [5.41, 5.74) is 0.997. The van der Waals surface area contributed by atoms with Gasteiger partial charge in [-0.25, -0.2) is 0 Å². The predicted octanol–water partition coefficient (Wildman–Crippen LogP) is 1.87. The number of hydrogen-bond donors (Lipinski definition) is 1. The molecule has 0 atom stereocenters. The first-order valence-corrected chi connectivity index (χ1v) is 5.82. The van der Waals surface area contributed by atoms with Crippen LogP contribution in [0.3, 0.4) is 0 Å². The number of rotatable bonds is 2. The van der Waals surface area contributed by atoms with E-state index in [2.05, 4.69) is 11.8 Å². The maximum atomic E-state index is 10.3. The van der Waals surface area contributed by atoms with Gasteiger partial charge in [0.15, 0.2) is 11.5 Å². The van der Waals surface area contributed by atoms with Gasteiger partial charge in [0.25, 0.3) is 0 Å². The molecule has 2 rings (SSSR count). The minimum atomic E-state index is -0.902. The van der Waals surface area contributed by atoms with Crippen LogP contribution < -0.4 is 9.47 Å². The summed E-state index contributed by atoms with van der Waals surface area (Å²) in [5, 5.41) is 8.46. The number of benzene rings is 1. The smallest absolute Gasteiger partial charge is 0.315 e. The minimum Gasteiger partial charge on any atom is -0.490 e. The van der Waals surface area contributed by atoms with Crippen LogP contribution in [0.25, 0.3) is 0 Å². The molecular formula is C14H14O4. The average Bonchev–Trinajstić information content (AvgIpc) is 2.59. The zero-order valence-electron chi connectivity index (χ0n) is 9.94. The van der Waals surface area contributed by atoms with Gasteiger partial charge in [-0.05, 0) is 17.7 Å². The Bertz CT molecular complexity index is 496. The molecule has 4 nitrogen and oxygen atoms in total. The summed E-state index contributed by atoms with van der Waals surface area (Å²) in [4.78, 5) is 10.3. The molecule has 0 bridgehead atoms. The molecule has 1 aliphatic rings. The summed E-state index contributed by atoms with van der Waals surface area (Å²) in [5.74, 6) is 6.03. The third kappa shape index (κ3) is 3.42. The van der Waals surface area contributed by atoms with Crippen molar-refractivity contribution in [2.45, 2.75) is 19.3 Å². The Kier molecular flexibility index (Phi) is 4.08. The highest BCUT2D eigenvalue weighted by Gasteiger charge is 2.09. The van der Waals surface area contributed by atoms with Gasteiger partial charge in [0.05, 0.1) is 13.2 Å². The zero-order valence-corrected chi connectivity index (χ0v) is 9.94. The van der Waals surface area contributed by atoms with E-state index in [-0.39, 0.29) is 6.42 Å². The molecule has 1 heterocycles. The van der Waals surface area contributed by atoms with Crippen molar-refractivity contribution in [1.82, 2.24) is 0 Å². The Morgan fingerprint density at radius 1 is 1.22 bits per heavy atom. The van der Waals surface area contributed by atoms with E-state index in [0.717, 1.165) is 23.5 Å². The van der Waals surface area contributed by atoms with Crippen molar-refractivity contribution in [3.05, 3.63) is 23.8 Å². The molecule has 0 spiro atoms. The van der Waals surface area contributed by atoms with E-state index in [4.69, 9.17) is 14.6 Å². The first-order chi connectivity index (χ1) is 8.75. The van der Waals surface area contributed by atoms with E-state index in [0.29, 0.717) is 19.6 Å². The summed E-state index contributed by atoms with van der Waals surface area (Å²) >= 11 is 0. The summed E-state index contributed by atoms with van der Waals surface area (Å²) in [6.45, 7) is 1.33. The van der Waals surface area contributed by atoms with E-state index in [1.165, 1.54) is 0 Å². The fourth-order valence-corrected chi connectivity index (χ4v) is 1.62. The monoisotopic (exact) mass is 246 g/mol. The lowest BCUT2D eigenvalue weighted by Crippen LogP contribution is -1.97. The average molecular weight is 246 g/mol. The molecule has 94 valence electrons. The third-order valence-electron chi connectivity index (χ3n) is 2.47. The van der Waals surface area contributed by atoms with Gasteiger partial charge in [0, 0.05) is 12.8 Å². The summed E-state index contributed by atoms with van der Waals surface area (Å²) < 4.78 is 11.1. The summed E-state index contributed by atoms with van der Waals surface area (Å²) in [7, 11) is 0. The standard InChI is InChI=1S/C14H14O4/c15-14(16)5-2-1-4-11-6-7-12-13(10-11)18-9-3-8-17-12/h6-7,10H,3-5,8-9H2,(H,15,16). The molecular weight excluding hydrogens is 232 g/mol. The first-order valence-electron chi connectivity index (χ1n) is 5.82. The molecule has 0 saturated carbocycles. The topological polar surface area (TPSA) is 55.8 Å². The van der Waals surface area contributed by atoms with Gasteiger partial charge in [-0.3, -0.25) is 4.79 Å². The predicted molar refractivity (Wildman–Crippen MR) is 65.8 cm³/mol. The molecule has 0 amide bonds. The molecule has 0 saturated heterocycles. The first kappa shape index (κ1) is 12.3. The third-order valence-corrected chi connectivity index (χ3v) is 2.47. The lowest BCUT2D eigenvalue weighted by atomic mass is 10.1. The zero-order chi connectivity index (χ0) is 12.8. The number of ether oxygens (including phenoxy) is 2. The molecule has 0 radical (unpaired) electrons. The van der Waals surface area contributed by atoms with E-state index < -0.39 is 5.97 Å². The quantitative estimate of drug-likeness (QED) is 0.809. The number of carboxylic acid groups (broad SMARTS) is 1. The van der Waals surface area contributed by atoms with E-state index >= 15 is 0 Å². The van der Waals surface area contributed by atoms with Crippen LogP contribution in [0.1, 0.15) is 18.4 Å². The highest BCUT2D eigenvalue weighted by Crippen LogP contribution is 2.30. The van der Waals surface area contributed by atoms with E-state index in [9.17, 15) is 4.79 Å². The van der Waals surface area contributed by atoms with Gasteiger partial charge in [-0.2, -0.15) is 0 Å². The molecule has 0 aliphatic carbocycles. The van der Waals surface area contributed by atoms with Crippen LogP contribution in [0.2, 0.25) is 0 Å². The Labute approximate surface area is 106 Å². The fourth-order valence-electron chi connectivity index (χ4n) is 1.62. The van der Waals surface area contributed by atoms with Crippen molar-refractivity contribution < 1.29 is 19.4 Å². The molecule has 1 aromatic carbocycles. The van der Waals surface area contributed by atoms with Crippen molar-refractivity contribution in [2.75, 3.05) is 13.2 Å². The van der Waals surface area contributed by atoms with Crippen molar-refractivity contribution >= 4 is 5.97 Å². The largest absolute Gasteiger partial charge is 0.490 e. The summed E-state index contributed by atoms with van der Waals surface area (Å²) in [6.07, 6.45) is 1.27. The maximum Gasteiger partial charge on any atom is 0.315 e. The number of hydrogen-bond acceptors (Lipinski definition) is 3. The van der Waals surface area contributed by atoms with E-state index in [1.807, 2.05) is 18.2 Å². The van der Waals surface area contributed by atoms with Crippen molar-refractivity contribution in [3.63, 3.8) is 0 Å². The van der Waals surface area contributed by atoms with Crippen LogP contribution in [-0.2, 0) is 11.2 Å². The van der Waals surface area contributed by atoms with Crippen molar-refractivity contribution in [3.8, 4) is 23.3 Å². The normalized spacial score (nSPS) is 13.1.